The molecule has 0 amide bonds. The molecule has 0 aliphatic rings. The molecular weight excluding hydrogens is 358 g/mol. The minimum Gasteiger partial charge on any atom is -0.271 e. The Hall–Kier alpha value is -0.590. The maximum atomic E-state index is 6.12. The van der Waals surface area contributed by atoms with Gasteiger partial charge in [0.25, 0.3) is 0 Å². The third kappa shape index (κ3) is 4.75. The second kappa shape index (κ2) is 8.00. The molecule has 0 fully saturated rings. The summed E-state index contributed by atoms with van der Waals surface area (Å²) < 4.78 is 1.08. The van der Waals surface area contributed by atoms with E-state index in [1.807, 2.05) is 18.2 Å². The van der Waals surface area contributed by atoms with E-state index in [4.69, 9.17) is 17.4 Å². The Kier molecular flexibility index (Phi) is 6.32. The number of thioether (sulfide) groups is 1. The average molecular weight is 373 g/mol. The third-order valence-electron chi connectivity index (χ3n) is 2.81. The molecule has 3 N–H and O–H groups in total. The van der Waals surface area contributed by atoms with E-state index in [2.05, 4.69) is 38.5 Å². The number of nitrogens with two attached hydrogens (primary N) is 1. The molecule has 0 saturated heterocycles. The van der Waals surface area contributed by atoms with Crippen molar-refractivity contribution in [2.45, 2.75) is 17.4 Å². The summed E-state index contributed by atoms with van der Waals surface area (Å²) in [5.41, 5.74) is 3.91. The first-order valence-corrected chi connectivity index (χ1v) is 8.27. The van der Waals surface area contributed by atoms with Crippen LogP contribution in [0.2, 0.25) is 5.02 Å². The van der Waals surface area contributed by atoms with Crippen molar-refractivity contribution in [3.05, 3.63) is 57.8 Å². The molecule has 1 unspecified atom stereocenters. The maximum absolute atomic E-state index is 6.12. The summed E-state index contributed by atoms with van der Waals surface area (Å²) in [5.74, 6) is 6.50. The Balaban J connectivity index is 1.94. The second-order valence-electron chi connectivity index (χ2n) is 4.30. The lowest BCUT2D eigenvalue weighted by atomic mass is 10.1. The van der Waals surface area contributed by atoms with E-state index in [0.717, 1.165) is 22.2 Å². The highest BCUT2D eigenvalue weighted by Crippen LogP contribution is 2.24. The molecule has 106 valence electrons. The molecule has 1 heterocycles. The summed E-state index contributed by atoms with van der Waals surface area (Å²) >= 11 is 11.4. The van der Waals surface area contributed by atoms with Crippen LogP contribution in [0.1, 0.15) is 5.56 Å². The van der Waals surface area contributed by atoms with Crippen LogP contribution < -0.4 is 11.3 Å². The van der Waals surface area contributed by atoms with Crippen LogP contribution in [0.3, 0.4) is 0 Å². The van der Waals surface area contributed by atoms with Gasteiger partial charge >= 0.3 is 0 Å². The van der Waals surface area contributed by atoms with Crippen LogP contribution in [0.5, 0.6) is 0 Å². The SMILES string of the molecule is NNC(CSc1cccc(Br)c1)Cc1ccncc1Cl. The first kappa shape index (κ1) is 15.8. The van der Waals surface area contributed by atoms with Gasteiger partial charge in [-0.25, -0.2) is 0 Å². The number of hydrazine groups is 1. The van der Waals surface area contributed by atoms with Gasteiger partial charge in [0.2, 0.25) is 0 Å². The molecule has 0 aliphatic carbocycles. The highest BCUT2D eigenvalue weighted by atomic mass is 79.9. The van der Waals surface area contributed by atoms with Gasteiger partial charge in [-0.15, -0.1) is 11.8 Å². The van der Waals surface area contributed by atoms with E-state index in [1.54, 1.807) is 24.2 Å². The highest BCUT2D eigenvalue weighted by Gasteiger charge is 2.11. The van der Waals surface area contributed by atoms with Gasteiger partial charge in [0, 0.05) is 33.6 Å². The lowest BCUT2D eigenvalue weighted by Crippen LogP contribution is -2.38. The molecule has 20 heavy (non-hydrogen) atoms. The van der Waals surface area contributed by atoms with Gasteiger partial charge in [0.05, 0.1) is 5.02 Å². The Morgan fingerprint density at radius 3 is 2.95 bits per heavy atom. The quantitative estimate of drug-likeness (QED) is 0.461. The summed E-state index contributed by atoms with van der Waals surface area (Å²) in [5, 5.41) is 0.681. The second-order valence-corrected chi connectivity index (χ2v) is 6.72. The first-order valence-electron chi connectivity index (χ1n) is 6.12. The van der Waals surface area contributed by atoms with Crippen LogP contribution in [-0.4, -0.2) is 16.8 Å². The van der Waals surface area contributed by atoms with Crippen LogP contribution in [-0.2, 0) is 6.42 Å². The number of nitrogens with zero attached hydrogens (tertiary/aromatic N) is 1. The number of nitrogens with one attached hydrogen (secondary N) is 1. The Morgan fingerprint density at radius 2 is 2.25 bits per heavy atom. The zero-order valence-electron chi connectivity index (χ0n) is 10.7. The van der Waals surface area contributed by atoms with Gasteiger partial charge in [-0.2, -0.15) is 0 Å². The van der Waals surface area contributed by atoms with Crippen LogP contribution in [0.15, 0.2) is 52.1 Å². The third-order valence-corrected chi connectivity index (χ3v) is 4.80. The number of pyridine rings is 1. The summed E-state index contributed by atoms with van der Waals surface area (Å²) in [6.45, 7) is 0. The van der Waals surface area contributed by atoms with E-state index in [0.29, 0.717) is 5.02 Å². The van der Waals surface area contributed by atoms with E-state index in [-0.39, 0.29) is 6.04 Å². The van der Waals surface area contributed by atoms with Gasteiger partial charge in [-0.05, 0) is 36.2 Å². The number of hydrogen-bond donors (Lipinski definition) is 2. The van der Waals surface area contributed by atoms with E-state index < -0.39 is 0 Å². The van der Waals surface area contributed by atoms with Gasteiger partial charge < -0.3 is 0 Å². The van der Waals surface area contributed by atoms with Crippen LogP contribution >= 0.6 is 39.3 Å². The smallest absolute Gasteiger partial charge is 0.0621 e. The number of aromatic nitrogens is 1. The normalized spacial score (nSPS) is 12.3. The Bertz CT molecular complexity index is 568. The summed E-state index contributed by atoms with van der Waals surface area (Å²) in [6.07, 6.45) is 4.18. The molecule has 1 aromatic carbocycles. The van der Waals surface area contributed by atoms with Crippen molar-refractivity contribution in [2.75, 3.05) is 5.75 Å². The minimum absolute atomic E-state index is 0.152. The molecule has 2 rings (SSSR count). The molecule has 0 bridgehead atoms. The molecule has 6 heteroatoms. The lowest BCUT2D eigenvalue weighted by Gasteiger charge is -2.16. The molecule has 0 radical (unpaired) electrons. The molecule has 0 spiro atoms. The Labute approximate surface area is 136 Å². The van der Waals surface area contributed by atoms with Gasteiger partial charge in [-0.3, -0.25) is 16.3 Å². The Morgan fingerprint density at radius 1 is 1.40 bits per heavy atom. The number of rotatable bonds is 6. The van der Waals surface area contributed by atoms with Gasteiger partial charge in [-0.1, -0.05) is 33.6 Å². The zero-order valence-corrected chi connectivity index (χ0v) is 13.9. The van der Waals surface area contributed by atoms with Crippen LogP contribution in [0, 0.1) is 0 Å². The van der Waals surface area contributed by atoms with Crippen molar-refractivity contribution >= 4 is 39.3 Å². The molecule has 3 nitrogen and oxygen atoms in total. The number of halogens is 2. The predicted octanol–water partition coefficient (Wildman–Crippen LogP) is 3.66. The molecule has 0 aliphatic heterocycles. The van der Waals surface area contributed by atoms with Crippen molar-refractivity contribution in [1.29, 1.82) is 0 Å². The number of benzene rings is 1. The van der Waals surface area contributed by atoms with Crippen molar-refractivity contribution in [3.63, 3.8) is 0 Å². The van der Waals surface area contributed by atoms with Crippen molar-refractivity contribution in [2.24, 2.45) is 5.84 Å². The fourth-order valence-electron chi connectivity index (χ4n) is 1.75. The van der Waals surface area contributed by atoms with E-state index in [1.165, 1.54) is 4.90 Å². The predicted molar refractivity (Wildman–Crippen MR) is 88.9 cm³/mol. The van der Waals surface area contributed by atoms with Crippen molar-refractivity contribution in [3.8, 4) is 0 Å². The van der Waals surface area contributed by atoms with E-state index in [9.17, 15) is 0 Å². The summed E-state index contributed by atoms with van der Waals surface area (Å²) in [7, 11) is 0. The maximum Gasteiger partial charge on any atom is 0.0621 e. The van der Waals surface area contributed by atoms with Crippen molar-refractivity contribution < 1.29 is 0 Å². The molecule has 1 aromatic heterocycles. The first-order chi connectivity index (χ1) is 9.69. The standard InChI is InChI=1S/C14H15BrClN3S/c15-11-2-1-3-13(7-11)20-9-12(19-17)6-10-4-5-18-8-14(10)16/h1-5,7-8,12,19H,6,9,17H2. The van der Waals surface area contributed by atoms with Crippen LogP contribution in [0.25, 0.3) is 0 Å². The molecule has 1 atom stereocenters. The van der Waals surface area contributed by atoms with Gasteiger partial charge in [0.15, 0.2) is 0 Å². The fourth-order valence-corrected chi connectivity index (χ4v) is 3.49. The zero-order chi connectivity index (χ0) is 14.4. The van der Waals surface area contributed by atoms with Gasteiger partial charge in [0.1, 0.15) is 0 Å². The monoisotopic (exact) mass is 371 g/mol. The van der Waals surface area contributed by atoms with Crippen LogP contribution in [0.4, 0.5) is 0 Å². The topological polar surface area (TPSA) is 50.9 Å². The summed E-state index contributed by atoms with van der Waals surface area (Å²) in [4.78, 5) is 5.20. The molecule has 0 saturated carbocycles. The summed E-state index contributed by atoms with van der Waals surface area (Å²) in [6, 6.07) is 10.3. The van der Waals surface area contributed by atoms with E-state index >= 15 is 0 Å². The average Bonchev–Trinajstić information content (AvgIpc) is 2.45. The molecule has 2 aromatic rings. The minimum atomic E-state index is 0.152. The largest absolute Gasteiger partial charge is 0.271 e. The highest BCUT2D eigenvalue weighted by molar-refractivity contribution is 9.10. The number of hydrogen-bond acceptors (Lipinski definition) is 4. The lowest BCUT2D eigenvalue weighted by molar-refractivity contribution is 0.575. The fraction of sp³-hybridized carbons (Fsp3) is 0.214. The van der Waals surface area contributed by atoms with Crippen molar-refractivity contribution in [1.82, 2.24) is 10.4 Å². The molecular formula is C14H15BrClN3S.